The number of carbonyl (C=O) groups is 1. The second-order valence-corrected chi connectivity index (χ2v) is 4.11. The lowest BCUT2D eigenvalue weighted by Gasteiger charge is -2.13. The number of Topliss-reactive ketones (excluding diaryl/α,β-unsaturated/α-hetero) is 1. The fraction of sp³-hybridized carbons (Fsp3) is 0.500. The Kier molecular flexibility index (Phi) is 2.62. The second kappa shape index (κ2) is 3.91. The van der Waals surface area contributed by atoms with E-state index < -0.39 is 0 Å². The number of hydrogen-bond acceptors (Lipinski definition) is 2. The molecule has 0 N–H and O–H groups in total. The van der Waals surface area contributed by atoms with Gasteiger partial charge in [0.25, 0.3) is 0 Å². The second-order valence-electron chi connectivity index (χ2n) is 4.11. The Bertz CT molecular complexity index is 320. The molecule has 0 aliphatic heterocycles. The van der Waals surface area contributed by atoms with E-state index in [9.17, 15) is 4.79 Å². The van der Waals surface area contributed by atoms with E-state index >= 15 is 0 Å². The highest BCUT2D eigenvalue weighted by atomic mass is 16.1. The minimum absolute atomic E-state index is 0.253. The molecular weight excluding hydrogens is 174 g/mol. The quantitative estimate of drug-likeness (QED) is 0.714. The Hall–Kier alpha value is -1.18. The van der Waals surface area contributed by atoms with Gasteiger partial charge in [-0.05, 0) is 36.5 Å². The molecule has 2 nitrogen and oxygen atoms in total. The minimum atomic E-state index is 0.253. The molecule has 0 amide bonds. The average Bonchev–Trinajstić information content (AvgIpc) is 2.52. The normalized spacial score (nSPS) is 26.8. The highest BCUT2D eigenvalue weighted by Gasteiger charge is 2.30. The molecule has 0 aromatic carbocycles. The first-order valence-corrected chi connectivity index (χ1v) is 5.19. The van der Waals surface area contributed by atoms with E-state index in [-0.39, 0.29) is 5.92 Å². The third-order valence-corrected chi connectivity index (χ3v) is 3.22. The molecule has 1 aromatic rings. The van der Waals surface area contributed by atoms with Gasteiger partial charge < -0.3 is 0 Å². The monoisotopic (exact) mass is 189 g/mol. The van der Waals surface area contributed by atoms with Crippen LogP contribution < -0.4 is 0 Å². The van der Waals surface area contributed by atoms with E-state index in [4.69, 9.17) is 0 Å². The van der Waals surface area contributed by atoms with Crippen LogP contribution in [0.3, 0.4) is 0 Å². The van der Waals surface area contributed by atoms with Crippen LogP contribution in [0.4, 0.5) is 0 Å². The van der Waals surface area contributed by atoms with Crippen LogP contribution >= 0.6 is 0 Å². The van der Waals surface area contributed by atoms with Gasteiger partial charge in [0.05, 0.1) is 0 Å². The van der Waals surface area contributed by atoms with Gasteiger partial charge in [0.2, 0.25) is 0 Å². The van der Waals surface area contributed by atoms with Gasteiger partial charge in [-0.1, -0.05) is 6.92 Å². The largest absolute Gasteiger partial charge is 0.299 e. The zero-order valence-electron chi connectivity index (χ0n) is 8.44. The summed E-state index contributed by atoms with van der Waals surface area (Å²) in [6.45, 7) is 2.06. The van der Waals surface area contributed by atoms with Crippen LogP contribution in [0, 0.1) is 11.8 Å². The summed E-state index contributed by atoms with van der Waals surface area (Å²) in [6.07, 6.45) is 6.49. The average molecular weight is 189 g/mol. The molecule has 2 rings (SSSR count). The fourth-order valence-corrected chi connectivity index (χ4v) is 2.17. The third-order valence-electron chi connectivity index (χ3n) is 3.22. The van der Waals surface area contributed by atoms with Crippen molar-refractivity contribution in [2.45, 2.75) is 26.2 Å². The molecule has 2 atom stereocenters. The zero-order valence-corrected chi connectivity index (χ0v) is 8.44. The van der Waals surface area contributed by atoms with Crippen molar-refractivity contribution < 1.29 is 4.79 Å². The highest BCUT2D eigenvalue weighted by Crippen LogP contribution is 2.30. The van der Waals surface area contributed by atoms with Crippen molar-refractivity contribution in [3.63, 3.8) is 0 Å². The number of hydrogen-bond donors (Lipinski definition) is 0. The fourth-order valence-electron chi connectivity index (χ4n) is 2.17. The summed E-state index contributed by atoms with van der Waals surface area (Å²) in [6, 6.07) is 4.07. The maximum Gasteiger partial charge on any atom is 0.135 e. The molecule has 1 aromatic heterocycles. The predicted molar refractivity (Wildman–Crippen MR) is 54.8 cm³/mol. The van der Waals surface area contributed by atoms with E-state index in [2.05, 4.69) is 11.9 Å². The first-order valence-electron chi connectivity index (χ1n) is 5.19. The van der Waals surface area contributed by atoms with Crippen molar-refractivity contribution in [3.05, 3.63) is 30.1 Å². The molecule has 1 heterocycles. The molecule has 0 spiro atoms. The van der Waals surface area contributed by atoms with Gasteiger partial charge in [-0.3, -0.25) is 9.78 Å². The van der Waals surface area contributed by atoms with Crippen LogP contribution in [-0.4, -0.2) is 10.8 Å². The van der Waals surface area contributed by atoms with Crippen LogP contribution in [0.15, 0.2) is 24.5 Å². The summed E-state index contributed by atoms with van der Waals surface area (Å²) < 4.78 is 0. The van der Waals surface area contributed by atoms with E-state index in [1.165, 1.54) is 5.56 Å². The Labute approximate surface area is 84.4 Å². The van der Waals surface area contributed by atoms with Crippen LogP contribution in [0.25, 0.3) is 0 Å². The van der Waals surface area contributed by atoms with Gasteiger partial charge in [0.1, 0.15) is 5.78 Å². The molecule has 2 heteroatoms. The molecule has 1 fully saturated rings. The van der Waals surface area contributed by atoms with E-state index in [0.29, 0.717) is 11.7 Å². The van der Waals surface area contributed by atoms with E-state index in [1.54, 1.807) is 0 Å². The molecule has 1 aliphatic rings. The maximum atomic E-state index is 11.4. The van der Waals surface area contributed by atoms with Gasteiger partial charge in [-0.25, -0.2) is 0 Å². The Morgan fingerprint density at radius 1 is 1.43 bits per heavy atom. The van der Waals surface area contributed by atoms with E-state index in [0.717, 1.165) is 19.3 Å². The Morgan fingerprint density at radius 2 is 2.14 bits per heavy atom. The summed E-state index contributed by atoms with van der Waals surface area (Å²) in [7, 11) is 0. The van der Waals surface area contributed by atoms with Crippen molar-refractivity contribution in [1.29, 1.82) is 0 Å². The third kappa shape index (κ3) is 1.84. The molecule has 0 radical (unpaired) electrons. The minimum Gasteiger partial charge on any atom is -0.299 e. The summed E-state index contributed by atoms with van der Waals surface area (Å²) in [5.74, 6) is 1.23. The first kappa shape index (κ1) is 9.38. The summed E-state index contributed by atoms with van der Waals surface area (Å²) in [5.41, 5.74) is 1.30. The first-order chi connectivity index (χ1) is 6.77. The molecule has 1 aliphatic carbocycles. The molecule has 1 saturated carbocycles. The van der Waals surface area contributed by atoms with Crippen LogP contribution in [0.5, 0.6) is 0 Å². The van der Waals surface area contributed by atoms with Crippen molar-refractivity contribution in [2.75, 3.05) is 0 Å². The summed E-state index contributed by atoms with van der Waals surface area (Å²) in [4.78, 5) is 15.3. The number of carbonyl (C=O) groups excluding carboxylic acids is 1. The predicted octanol–water partition coefficient (Wildman–Crippen LogP) is 2.24. The number of nitrogens with zero attached hydrogens (tertiary/aromatic N) is 1. The number of rotatable bonds is 2. The topological polar surface area (TPSA) is 30.0 Å². The smallest absolute Gasteiger partial charge is 0.135 e. The van der Waals surface area contributed by atoms with Crippen molar-refractivity contribution in [1.82, 2.24) is 4.98 Å². The van der Waals surface area contributed by atoms with Gasteiger partial charge in [-0.15, -0.1) is 0 Å². The standard InChI is InChI=1S/C12H15NO/c1-9-11(2-3-12(9)14)8-10-4-6-13-7-5-10/h4-7,9,11H,2-3,8H2,1H3. The Balaban J connectivity index is 2.02. The lowest BCUT2D eigenvalue weighted by Crippen LogP contribution is -2.12. The van der Waals surface area contributed by atoms with Gasteiger partial charge >= 0.3 is 0 Å². The van der Waals surface area contributed by atoms with Gasteiger partial charge in [-0.2, -0.15) is 0 Å². The van der Waals surface area contributed by atoms with Gasteiger partial charge in [0.15, 0.2) is 0 Å². The van der Waals surface area contributed by atoms with Crippen LogP contribution in [-0.2, 0) is 11.2 Å². The lowest BCUT2D eigenvalue weighted by atomic mass is 9.91. The SMILES string of the molecule is CC1C(=O)CCC1Cc1ccncc1. The van der Waals surface area contributed by atoms with Gasteiger partial charge in [0, 0.05) is 24.7 Å². The van der Waals surface area contributed by atoms with Crippen molar-refractivity contribution in [2.24, 2.45) is 11.8 Å². The highest BCUT2D eigenvalue weighted by molar-refractivity contribution is 5.83. The molecule has 14 heavy (non-hydrogen) atoms. The molecule has 74 valence electrons. The number of aromatic nitrogens is 1. The molecule has 0 bridgehead atoms. The zero-order chi connectivity index (χ0) is 9.97. The van der Waals surface area contributed by atoms with Crippen LogP contribution in [0.2, 0.25) is 0 Å². The molecule has 2 unspecified atom stereocenters. The van der Waals surface area contributed by atoms with E-state index in [1.807, 2.05) is 24.5 Å². The molecular formula is C12H15NO. The van der Waals surface area contributed by atoms with Crippen LogP contribution in [0.1, 0.15) is 25.3 Å². The number of ketones is 1. The summed E-state index contributed by atoms with van der Waals surface area (Å²) in [5, 5.41) is 0. The lowest BCUT2D eigenvalue weighted by molar-refractivity contribution is -0.120. The molecule has 0 saturated heterocycles. The van der Waals surface area contributed by atoms with Crippen molar-refractivity contribution >= 4 is 5.78 Å². The van der Waals surface area contributed by atoms with Crippen molar-refractivity contribution in [3.8, 4) is 0 Å². The Morgan fingerprint density at radius 3 is 2.71 bits per heavy atom. The summed E-state index contributed by atoms with van der Waals surface area (Å²) >= 11 is 0. The number of pyridine rings is 1. The maximum absolute atomic E-state index is 11.4.